The van der Waals surface area contributed by atoms with Crippen LogP contribution in [0.15, 0.2) is 138 Å². The first kappa shape index (κ1) is 44.2. The molecule has 0 saturated heterocycles. The van der Waals surface area contributed by atoms with E-state index in [4.69, 9.17) is 18.9 Å². The summed E-state index contributed by atoms with van der Waals surface area (Å²) in [5, 5.41) is 8.48. The first-order valence-corrected chi connectivity index (χ1v) is 21.7. The van der Waals surface area contributed by atoms with E-state index >= 15 is 0 Å². The number of nitrogens with zero attached hydrogens (tertiary/aromatic N) is 1. The standard InChI is InChI=1S/C49H46N4O8S2/c1-58-39-28-41(60-3)40(59-2)26-34(39)25-38(51-45(54)33-19-12-7-13-20-33)46(55)50-35-21-14-22-36(27-35)62-44(32-17-10-6-11-18-32)47(56)52-48-43(49(57)61-4)37-23-24-53(30-42(37)63-48)29-31-15-8-5-9-16-31/h5-22,25-28,44H,23-24,29-30H2,1-4H3,(H,50,55)(H,51,54)(H,52,56)/b38-25+. The number of methoxy groups -OCH3 is 4. The van der Waals surface area contributed by atoms with Crippen LogP contribution in [0.25, 0.3) is 6.08 Å². The first-order chi connectivity index (χ1) is 30.7. The molecule has 5 aromatic carbocycles. The molecule has 0 aliphatic carbocycles. The lowest BCUT2D eigenvalue weighted by Gasteiger charge is -2.27. The molecule has 0 bridgehead atoms. The Morgan fingerprint density at radius 2 is 1.43 bits per heavy atom. The highest BCUT2D eigenvalue weighted by atomic mass is 32.2. The van der Waals surface area contributed by atoms with Crippen molar-refractivity contribution in [2.45, 2.75) is 29.7 Å². The second-order valence-corrected chi connectivity index (χ2v) is 16.6. The normalized spacial score (nSPS) is 12.9. The molecule has 0 radical (unpaired) electrons. The van der Waals surface area contributed by atoms with Gasteiger partial charge in [-0.3, -0.25) is 19.3 Å². The number of fused-ring (bicyclic) bond motifs is 1. The van der Waals surface area contributed by atoms with E-state index in [1.807, 2.05) is 54.6 Å². The van der Waals surface area contributed by atoms with E-state index in [2.05, 4.69) is 33.0 Å². The molecule has 3 N–H and O–H groups in total. The molecule has 1 atom stereocenters. The second kappa shape index (κ2) is 20.8. The number of ether oxygens (including phenoxy) is 4. The molecule has 1 aliphatic heterocycles. The van der Waals surface area contributed by atoms with Gasteiger partial charge in [-0.2, -0.15) is 0 Å². The number of carbonyl (C=O) groups excluding carboxylic acids is 4. The summed E-state index contributed by atoms with van der Waals surface area (Å²) in [7, 11) is 5.83. The first-order valence-electron chi connectivity index (χ1n) is 20.0. The summed E-state index contributed by atoms with van der Waals surface area (Å²) in [6, 6.07) is 38.5. The van der Waals surface area contributed by atoms with Crippen LogP contribution in [0.1, 0.15) is 53.1 Å². The smallest absolute Gasteiger partial charge is 0.341 e. The van der Waals surface area contributed by atoms with Crippen molar-refractivity contribution in [2.75, 3.05) is 45.6 Å². The van der Waals surface area contributed by atoms with Crippen LogP contribution in [0.3, 0.4) is 0 Å². The predicted molar refractivity (Wildman–Crippen MR) is 247 cm³/mol. The summed E-state index contributed by atoms with van der Waals surface area (Å²) in [6.07, 6.45) is 2.14. The van der Waals surface area contributed by atoms with E-state index in [0.717, 1.165) is 29.1 Å². The predicted octanol–water partition coefficient (Wildman–Crippen LogP) is 9.00. The van der Waals surface area contributed by atoms with E-state index in [0.29, 0.717) is 62.5 Å². The highest BCUT2D eigenvalue weighted by molar-refractivity contribution is 8.00. The molecule has 6 aromatic rings. The summed E-state index contributed by atoms with van der Waals surface area (Å²) in [6.45, 7) is 2.16. The molecular formula is C49H46N4O8S2. The van der Waals surface area contributed by atoms with E-state index in [1.165, 1.54) is 63.2 Å². The van der Waals surface area contributed by atoms with Crippen LogP contribution in [0, 0.1) is 0 Å². The molecule has 2 heterocycles. The van der Waals surface area contributed by atoms with Gasteiger partial charge in [0, 0.05) is 52.3 Å². The maximum Gasteiger partial charge on any atom is 0.341 e. The Hall–Kier alpha value is -6.87. The zero-order valence-corrected chi connectivity index (χ0v) is 36.8. The lowest BCUT2D eigenvalue weighted by molar-refractivity contribution is -0.116. The third-order valence-corrected chi connectivity index (χ3v) is 12.6. The van der Waals surface area contributed by atoms with Crippen molar-refractivity contribution in [2.24, 2.45) is 0 Å². The fourth-order valence-corrected chi connectivity index (χ4v) is 9.53. The van der Waals surface area contributed by atoms with Gasteiger partial charge in [0.15, 0.2) is 11.5 Å². The topological polar surface area (TPSA) is 145 Å². The van der Waals surface area contributed by atoms with Gasteiger partial charge in [-0.05, 0) is 65.6 Å². The number of amides is 3. The summed E-state index contributed by atoms with van der Waals surface area (Å²) in [5.41, 5.74) is 4.37. The Balaban J connectivity index is 1.15. The van der Waals surface area contributed by atoms with Crippen molar-refractivity contribution in [3.8, 4) is 17.2 Å². The fraction of sp³-hybridized carbons (Fsp3) is 0.184. The van der Waals surface area contributed by atoms with Gasteiger partial charge < -0.3 is 34.9 Å². The molecule has 0 spiro atoms. The summed E-state index contributed by atoms with van der Waals surface area (Å²) in [4.78, 5) is 59.3. The minimum atomic E-state index is -0.755. The Kier molecular flexibility index (Phi) is 14.6. The van der Waals surface area contributed by atoms with Crippen LogP contribution in [0.2, 0.25) is 0 Å². The summed E-state index contributed by atoms with van der Waals surface area (Å²) < 4.78 is 21.8. The number of thioether (sulfide) groups is 1. The maximum absolute atomic E-state index is 14.5. The highest BCUT2D eigenvalue weighted by Gasteiger charge is 2.31. The summed E-state index contributed by atoms with van der Waals surface area (Å²) in [5.74, 6) is -0.744. The number of nitrogens with one attached hydrogen (secondary N) is 3. The Bertz CT molecular complexity index is 2620. The number of esters is 1. The molecule has 14 heteroatoms. The number of hydrogen-bond acceptors (Lipinski definition) is 11. The van der Waals surface area contributed by atoms with Crippen molar-refractivity contribution >= 4 is 63.6 Å². The van der Waals surface area contributed by atoms with Gasteiger partial charge in [-0.1, -0.05) is 84.9 Å². The molecule has 12 nitrogen and oxygen atoms in total. The van der Waals surface area contributed by atoms with Crippen LogP contribution < -0.4 is 30.2 Å². The molecule has 1 unspecified atom stereocenters. The van der Waals surface area contributed by atoms with Gasteiger partial charge in [-0.25, -0.2) is 4.79 Å². The largest absolute Gasteiger partial charge is 0.496 e. The van der Waals surface area contributed by atoms with Gasteiger partial charge in [-0.15, -0.1) is 23.1 Å². The fourth-order valence-electron chi connectivity index (χ4n) is 7.16. The SMILES string of the molecule is COC(=O)c1c(NC(=O)C(Sc2cccc(NC(=O)/C(=C\c3cc(OC)c(OC)cc3OC)NC(=O)c3ccccc3)c2)c2ccccc2)sc2c1CCN(Cc1ccccc1)C2. The Morgan fingerprint density at radius 3 is 2.11 bits per heavy atom. The third kappa shape index (κ3) is 10.8. The van der Waals surface area contributed by atoms with E-state index in [1.54, 1.807) is 60.7 Å². The molecule has 322 valence electrons. The van der Waals surface area contributed by atoms with Crippen LogP contribution in [0.4, 0.5) is 10.7 Å². The van der Waals surface area contributed by atoms with E-state index < -0.39 is 23.0 Å². The zero-order chi connectivity index (χ0) is 44.3. The molecule has 3 amide bonds. The Morgan fingerprint density at radius 1 is 0.762 bits per heavy atom. The van der Waals surface area contributed by atoms with Gasteiger partial charge in [0.1, 0.15) is 21.7 Å². The van der Waals surface area contributed by atoms with Crippen LogP contribution in [0.5, 0.6) is 17.2 Å². The number of benzene rings is 5. The van der Waals surface area contributed by atoms with E-state index in [9.17, 15) is 19.2 Å². The van der Waals surface area contributed by atoms with Gasteiger partial charge >= 0.3 is 5.97 Å². The van der Waals surface area contributed by atoms with Crippen LogP contribution in [-0.4, -0.2) is 63.6 Å². The number of hydrogen-bond donors (Lipinski definition) is 3. The Labute approximate surface area is 374 Å². The lowest BCUT2D eigenvalue weighted by Crippen LogP contribution is -2.30. The summed E-state index contributed by atoms with van der Waals surface area (Å²) >= 11 is 2.69. The molecule has 1 aromatic heterocycles. The van der Waals surface area contributed by atoms with Crippen molar-refractivity contribution in [1.29, 1.82) is 0 Å². The average Bonchev–Trinajstić information content (AvgIpc) is 3.67. The quantitative estimate of drug-likeness (QED) is 0.0490. The molecule has 0 saturated carbocycles. The van der Waals surface area contributed by atoms with Crippen molar-refractivity contribution < 1.29 is 38.1 Å². The minimum Gasteiger partial charge on any atom is -0.496 e. The molecular weight excluding hydrogens is 837 g/mol. The average molecular weight is 883 g/mol. The number of rotatable bonds is 16. The van der Waals surface area contributed by atoms with Crippen LogP contribution in [-0.2, 0) is 33.8 Å². The van der Waals surface area contributed by atoms with Gasteiger partial charge in [0.05, 0.1) is 34.0 Å². The minimum absolute atomic E-state index is 0.0720. The second-order valence-electron chi connectivity index (χ2n) is 14.4. The monoisotopic (exact) mass is 882 g/mol. The van der Waals surface area contributed by atoms with Gasteiger partial charge in [0.2, 0.25) is 5.91 Å². The number of carbonyl (C=O) groups is 4. The maximum atomic E-state index is 14.5. The van der Waals surface area contributed by atoms with Crippen LogP contribution >= 0.6 is 23.1 Å². The molecule has 0 fully saturated rings. The van der Waals surface area contributed by atoms with Crippen molar-refractivity contribution in [3.63, 3.8) is 0 Å². The molecule has 1 aliphatic rings. The number of anilines is 2. The van der Waals surface area contributed by atoms with Gasteiger partial charge in [0.25, 0.3) is 11.8 Å². The van der Waals surface area contributed by atoms with E-state index in [-0.39, 0.29) is 11.6 Å². The third-order valence-electron chi connectivity index (χ3n) is 10.3. The number of thiophene rings is 1. The zero-order valence-electron chi connectivity index (χ0n) is 35.1. The van der Waals surface area contributed by atoms with Crippen molar-refractivity contribution in [3.05, 3.63) is 171 Å². The van der Waals surface area contributed by atoms with Crippen molar-refractivity contribution in [1.82, 2.24) is 10.2 Å². The lowest BCUT2D eigenvalue weighted by atomic mass is 10.0. The molecule has 7 rings (SSSR count). The highest BCUT2D eigenvalue weighted by Crippen LogP contribution is 2.42. The molecule has 63 heavy (non-hydrogen) atoms.